The van der Waals surface area contributed by atoms with E-state index in [0.717, 1.165) is 0 Å². The molecule has 0 fully saturated rings. The Labute approximate surface area is 129 Å². The van der Waals surface area contributed by atoms with Crippen LogP contribution in [0.25, 0.3) is 6.08 Å². The molecule has 0 saturated carbocycles. The highest BCUT2D eigenvalue weighted by atomic mass is 16.5. The minimum absolute atomic E-state index is 0.116. The van der Waals surface area contributed by atoms with Gasteiger partial charge in [-0.2, -0.15) is 0 Å². The van der Waals surface area contributed by atoms with Crippen LogP contribution in [0.2, 0.25) is 0 Å². The van der Waals surface area contributed by atoms with Crippen molar-refractivity contribution < 1.29 is 14.3 Å². The number of ether oxygens (including phenoxy) is 2. The minimum Gasteiger partial charge on any atom is -0.494 e. The zero-order chi connectivity index (χ0) is 16.1. The Kier molecular flexibility index (Phi) is 4.68. The van der Waals surface area contributed by atoms with Crippen LogP contribution in [0.15, 0.2) is 42.5 Å². The van der Waals surface area contributed by atoms with Crippen LogP contribution in [0.1, 0.15) is 15.9 Å². The van der Waals surface area contributed by atoms with Gasteiger partial charge in [-0.05, 0) is 18.2 Å². The van der Waals surface area contributed by atoms with Crippen molar-refractivity contribution in [2.24, 2.45) is 0 Å². The predicted molar refractivity (Wildman–Crippen MR) is 88.2 cm³/mol. The zero-order valence-electron chi connectivity index (χ0n) is 12.5. The van der Waals surface area contributed by atoms with Crippen molar-refractivity contribution in [1.29, 1.82) is 0 Å². The van der Waals surface area contributed by atoms with Crippen molar-refractivity contribution in [3.05, 3.63) is 53.6 Å². The molecule has 5 nitrogen and oxygen atoms in total. The molecule has 0 radical (unpaired) electrons. The number of carbonyl (C=O) groups excluding carboxylic acids is 1. The van der Waals surface area contributed by atoms with E-state index in [1.165, 1.54) is 20.3 Å². The van der Waals surface area contributed by atoms with E-state index in [1.807, 2.05) is 18.2 Å². The van der Waals surface area contributed by atoms with Gasteiger partial charge in [-0.25, -0.2) is 0 Å². The number of benzene rings is 2. The lowest BCUT2D eigenvalue weighted by Gasteiger charge is -2.14. The number of rotatable bonds is 5. The van der Waals surface area contributed by atoms with Gasteiger partial charge in [-0.1, -0.05) is 30.3 Å². The molecule has 0 heterocycles. The molecule has 0 amide bonds. The van der Waals surface area contributed by atoms with Crippen molar-refractivity contribution in [1.82, 2.24) is 0 Å². The molecule has 0 aromatic heterocycles. The number of allylic oxidation sites excluding steroid dienone is 1. The van der Waals surface area contributed by atoms with Gasteiger partial charge in [0.2, 0.25) is 0 Å². The summed E-state index contributed by atoms with van der Waals surface area (Å²) in [5.74, 6) is 0.666. The summed E-state index contributed by atoms with van der Waals surface area (Å²) in [7, 11) is 2.98. The van der Waals surface area contributed by atoms with Crippen LogP contribution in [-0.4, -0.2) is 20.0 Å². The van der Waals surface area contributed by atoms with E-state index in [9.17, 15) is 4.79 Å². The normalized spacial score (nSPS) is 10.6. The molecule has 0 atom stereocenters. The van der Waals surface area contributed by atoms with Gasteiger partial charge in [0, 0.05) is 11.1 Å². The number of hydrogen-bond acceptors (Lipinski definition) is 5. The Balaban J connectivity index is 2.37. The maximum atomic E-state index is 12.1. The second-order valence-electron chi connectivity index (χ2n) is 4.59. The van der Waals surface area contributed by atoms with E-state index in [-0.39, 0.29) is 5.78 Å². The average molecular weight is 298 g/mol. The van der Waals surface area contributed by atoms with Gasteiger partial charge >= 0.3 is 0 Å². The van der Waals surface area contributed by atoms with Crippen LogP contribution in [-0.2, 0) is 0 Å². The number of nitrogens with two attached hydrogens (primary N) is 2. The standard InChI is InChI=1S/C17H18N2O3/c1-21-14-10-12(15(18)17(22-2)16(14)19)8-9-13(20)11-6-4-3-5-7-11/h3-10H,18-19H2,1-2H3. The van der Waals surface area contributed by atoms with Crippen molar-refractivity contribution in [3.8, 4) is 11.5 Å². The molecule has 2 rings (SSSR count). The molecule has 0 aliphatic rings. The van der Waals surface area contributed by atoms with Crippen molar-refractivity contribution >= 4 is 23.2 Å². The SMILES string of the molecule is COc1cc(C=CC(=O)c2ccccc2)c(N)c(OC)c1N. The quantitative estimate of drug-likeness (QED) is 0.503. The molecule has 0 bridgehead atoms. The summed E-state index contributed by atoms with van der Waals surface area (Å²) in [4.78, 5) is 12.1. The molecule has 0 aliphatic carbocycles. The fourth-order valence-corrected chi connectivity index (χ4v) is 2.08. The fourth-order valence-electron chi connectivity index (χ4n) is 2.08. The third kappa shape index (κ3) is 3.03. The van der Waals surface area contributed by atoms with Gasteiger partial charge in [0.15, 0.2) is 11.5 Å². The molecule has 2 aromatic rings. The molecule has 0 spiro atoms. The molecule has 0 unspecified atom stereocenters. The number of ketones is 1. The van der Waals surface area contributed by atoms with E-state index < -0.39 is 0 Å². The first-order valence-electron chi connectivity index (χ1n) is 6.65. The highest BCUT2D eigenvalue weighted by molar-refractivity contribution is 6.07. The number of anilines is 2. The topological polar surface area (TPSA) is 87.6 Å². The summed E-state index contributed by atoms with van der Waals surface area (Å²) in [5, 5.41) is 0. The Morgan fingerprint density at radius 3 is 2.32 bits per heavy atom. The molecular weight excluding hydrogens is 280 g/mol. The van der Waals surface area contributed by atoms with E-state index in [0.29, 0.717) is 34.0 Å². The van der Waals surface area contributed by atoms with Gasteiger partial charge in [0.25, 0.3) is 0 Å². The monoisotopic (exact) mass is 298 g/mol. The van der Waals surface area contributed by atoms with Crippen molar-refractivity contribution in [2.45, 2.75) is 0 Å². The van der Waals surface area contributed by atoms with E-state index in [1.54, 1.807) is 24.3 Å². The fraction of sp³-hybridized carbons (Fsp3) is 0.118. The van der Waals surface area contributed by atoms with Gasteiger partial charge in [0.1, 0.15) is 11.4 Å². The average Bonchev–Trinajstić information content (AvgIpc) is 2.55. The van der Waals surface area contributed by atoms with Gasteiger partial charge < -0.3 is 20.9 Å². The Morgan fingerprint density at radius 2 is 1.73 bits per heavy atom. The zero-order valence-corrected chi connectivity index (χ0v) is 12.5. The molecule has 5 heteroatoms. The summed E-state index contributed by atoms with van der Waals surface area (Å²) in [6, 6.07) is 10.6. The summed E-state index contributed by atoms with van der Waals surface area (Å²) in [6.07, 6.45) is 3.07. The highest BCUT2D eigenvalue weighted by Gasteiger charge is 2.14. The second kappa shape index (κ2) is 6.67. The maximum absolute atomic E-state index is 12.1. The number of methoxy groups -OCH3 is 2. The molecule has 22 heavy (non-hydrogen) atoms. The molecule has 4 N–H and O–H groups in total. The molecular formula is C17H18N2O3. The van der Waals surface area contributed by atoms with Crippen LogP contribution in [0.5, 0.6) is 11.5 Å². The lowest BCUT2D eigenvalue weighted by Crippen LogP contribution is -2.03. The van der Waals surface area contributed by atoms with Crippen LogP contribution >= 0.6 is 0 Å². The largest absolute Gasteiger partial charge is 0.494 e. The first kappa shape index (κ1) is 15.4. The second-order valence-corrected chi connectivity index (χ2v) is 4.59. The lowest BCUT2D eigenvalue weighted by atomic mass is 10.1. The van der Waals surface area contributed by atoms with Crippen LogP contribution in [0.4, 0.5) is 11.4 Å². The molecule has 2 aromatic carbocycles. The Morgan fingerprint density at radius 1 is 1.05 bits per heavy atom. The Bertz CT molecular complexity index is 710. The third-order valence-electron chi connectivity index (χ3n) is 3.25. The summed E-state index contributed by atoms with van der Waals surface area (Å²) < 4.78 is 10.4. The smallest absolute Gasteiger partial charge is 0.185 e. The third-order valence-corrected chi connectivity index (χ3v) is 3.25. The maximum Gasteiger partial charge on any atom is 0.185 e. The van der Waals surface area contributed by atoms with Crippen molar-refractivity contribution in [3.63, 3.8) is 0 Å². The predicted octanol–water partition coefficient (Wildman–Crippen LogP) is 2.76. The van der Waals surface area contributed by atoms with Crippen LogP contribution in [0, 0.1) is 0 Å². The Hall–Kier alpha value is -2.95. The van der Waals surface area contributed by atoms with E-state index in [2.05, 4.69) is 0 Å². The highest BCUT2D eigenvalue weighted by Crippen LogP contribution is 2.39. The minimum atomic E-state index is -0.116. The van der Waals surface area contributed by atoms with Crippen LogP contribution < -0.4 is 20.9 Å². The van der Waals surface area contributed by atoms with Gasteiger partial charge in [-0.3, -0.25) is 4.79 Å². The van der Waals surface area contributed by atoms with Gasteiger partial charge in [-0.15, -0.1) is 0 Å². The number of carbonyl (C=O) groups is 1. The number of hydrogen-bond donors (Lipinski definition) is 2. The molecule has 0 saturated heterocycles. The number of nitrogen functional groups attached to an aromatic ring is 2. The summed E-state index contributed by atoms with van der Waals surface area (Å²) in [6.45, 7) is 0. The van der Waals surface area contributed by atoms with Crippen molar-refractivity contribution in [2.75, 3.05) is 25.7 Å². The molecule has 0 aliphatic heterocycles. The van der Waals surface area contributed by atoms with E-state index in [4.69, 9.17) is 20.9 Å². The first-order chi connectivity index (χ1) is 10.6. The van der Waals surface area contributed by atoms with Gasteiger partial charge in [0.05, 0.1) is 19.9 Å². The van der Waals surface area contributed by atoms with Crippen LogP contribution in [0.3, 0.4) is 0 Å². The lowest BCUT2D eigenvalue weighted by molar-refractivity contribution is 0.104. The summed E-state index contributed by atoms with van der Waals surface area (Å²) >= 11 is 0. The van der Waals surface area contributed by atoms with E-state index >= 15 is 0 Å². The summed E-state index contributed by atoms with van der Waals surface area (Å²) in [5.41, 5.74) is 13.8. The molecule has 114 valence electrons. The first-order valence-corrected chi connectivity index (χ1v) is 6.65.